The molecule has 1 aliphatic carbocycles. The Bertz CT molecular complexity index is 2760. The van der Waals surface area contributed by atoms with Crippen molar-refractivity contribution in [2.24, 2.45) is 0 Å². The quantitative estimate of drug-likeness (QED) is 0.182. The van der Waals surface area contributed by atoms with Crippen LogP contribution in [0, 0.1) is 0 Å². The zero-order chi connectivity index (χ0) is 35.3. The Balaban J connectivity index is 1.21. The number of fused-ring (bicyclic) bond motifs is 9. The van der Waals surface area contributed by atoms with Crippen molar-refractivity contribution in [3.05, 3.63) is 209 Å². The minimum Gasteiger partial charge on any atom is -0.456 e. The summed E-state index contributed by atoms with van der Waals surface area (Å²) in [5.74, 6) is 0. The van der Waals surface area contributed by atoms with E-state index in [9.17, 15) is 0 Å². The highest BCUT2D eigenvalue weighted by Gasteiger charge is 2.25. The van der Waals surface area contributed by atoms with E-state index in [1.807, 2.05) is 12.1 Å². The molecule has 8 aromatic carbocycles. The highest BCUT2D eigenvalue weighted by Crippen LogP contribution is 2.47. The highest BCUT2D eigenvalue weighted by atomic mass is 35.5. The number of furan rings is 1. The molecule has 0 saturated carbocycles. The van der Waals surface area contributed by atoms with Crippen LogP contribution >= 0.6 is 11.6 Å². The second kappa shape index (κ2) is 13.0. The van der Waals surface area contributed by atoms with Crippen molar-refractivity contribution in [2.45, 2.75) is 12.8 Å². The first kappa shape index (κ1) is 31.4. The lowest BCUT2D eigenvalue weighted by Crippen LogP contribution is -2.13. The van der Waals surface area contributed by atoms with Gasteiger partial charge >= 0.3 is 0 Å². The number of hydrogen-bond acceptors (Lipinski definition) is 2. The van der Waals surface area contributed by atoms with Gasteiger partial charge < -0.3 is 9.32 Å². The Morgan fingerprint density at radius 3 is 1.79 bits per heavy atom. The standard InChI is InChI=1S/C50H34ClNO/c51-38-30-37-29-33-14-7-9-20-41(33)45-31-36(43-23-13-25-48-50(43)44-22-11-12-24-47(44)53-48)27-26-35(45)28-34-15-8-10-21-42(34)49(37)46(32-38)52(39-16-3-1-4-17-39)40-18-5-2-6-19-40/h1-27,30-32H,28-29H2. The van der Waals surface area contributed by atoms with Crippen molar-refractivity contribution in [1.29, 1.82) is 0 Å². The van der Waals surface area contributed by atoms with E-state index in [0.717, 1.165) is 51.8 Å². The maximum absolute atomic E-state index is 7.14. The Labute approximate surface area is 314 Å². The molecule has 0 aliphatic heterocycles. The van der Waals surface area contributed by atoms with E-state index >= 15 is 0 Å². The smallest absolute Gasteiger partial charge is 0.136 e. The molecule has 0 bridgehead atoms. The molecular formula is C50H34ClNO. The third-order valence-corrected chi connectivity index (χ3v) is 10.8. The number of nitrogens with zero attached hydrogens (tertiary/aromatic N) is 1. The van der Waals surface area contributed by atoms with Gasteiger partial charge in [-0.2, -0.15) is 0 Å². The average Bonchev–Trinajstić information content (AvgIpc) is 3.59. The highest BCUT2D eigenvalue weighted by molar-refractivity contribution is 6.31. The van der Waals surface area contributed by atoms with Gasteiger partial charge in [-0.25, -0.2) is 0 Å². The normalized spacial score (nSPS) is 12.1. The Morgan fingerprint density at radius 1 is 0.434 bits per heavy atom. The molecule has 0 radical (unpaired) electrons. The minimum atomic E-state index is 0.714. The maximum Gasteiger partial charge on any atom is 0.136 e. The van der Waals surface area contributed by atoms with Crippen LogP contribution < -0.4 is 4.90 Å². The summed E-state index contributed by atoms with van der Waals surface area (Å²) < 4.78 is 6.30. The van der Waals surface area contributed by atoms with Crippen LogP contribution in [0.15, 0.2) is 186 Å². The fourth-order valence-corrected chi connectivity index (χ4v) is 8.52. The van der Waals surface area contributed by atoms with Crippen molar-refractivity contribution in [3.63, 3.8) is 0 Å². The van der Waals surface area contributed by atoms with Crippen LogP contribution in [0.2, 0.25) is 5.02 Å². The SMILES string of the molecule is Clc1cc2c(c(N(c3ccccc3)c3ccccc3)c1)-c1ccccc1Cc1ccc(-c3cccc4oc5ccccc5c34)cc1-c1ccccc1C2. The minimum absolute atomic E-state index is 0.714. The lowest BCUT2D eigenvalue weighted by atomic mass is 9.82. The van der Waals surface area contributed by atoms with Gasteiger partial charge in [-0.1, -0.05) is 139 Å². The number of para-hydroxylation sites is 3. The maximum atomic E-state index is 7.14. The molecule has 1 heterocycles. The molecule has 252 valence electrons. The first-order valence-electron chi connectivity index (χ1n) is 18.1. The van der Waals surface area contributed by atoms with Crippen LogP contribution in [0.5, 0.6) is 0 Å². The number of rotatable bonds is 4. The zero-order valence-corrected chi connectivity index (χ0v) is 29.7. The molecule has 0 atom stereocenters. The summed E-state index contributed by atoms with van der Waals surface area (Å²) in [6.07, 6.45) is 1.49. The number of hydrogen-bond donors (Lipinski definition) is 0. The molecule has 0 spiro atoms. The molecule has 0 saturated heterocycles. The van der Waals surface area contributed by atoms with Crippen LogP contribution in [-0.4, -0.2) is 0 Å². The number of anilines is 3. The van der Waals surface area contributed by atoms with Gasteiger partial charge in [0.1, 0.15) is 11.2 Å². The summed E-state index contributed by atoms with van der Waals surface area (Å²) in [6.45, 7) is 0. The Hall–Kier alpha value is -6.35. The van der Waals surface area contributed by atoms with E-state index in [1.165, 1.54) is 55.6 Å². The molecule has 3 heteroatoms. The summed E-state index contributed by atoms with van der Waals surface area (Å²) in [5.41, 5.74) is 17.3. The van der Waals surface area contributed by atoms with Gasteiger partial charge in [0.15, 0.2) is 0 Å². The van der Waals surface area contributed by atoms with Crippen molar-refractivity contribution in [3.8, 4) is 33.4 Å². The summed E-state index contributed by atoms with van der Waals surface area (Å²) in [6, 6.07) is 65.0. The first-order chi connectivity index (χ1) is 26.2. The molecule has 1 aliphatic rings. The number of halogens is 1. The third kappa shape index (κ3) is 5.51. The molecule has 53 heavy (non-hydrogen) atoms. The summed E-state index contributed by atoms with van der Waals surface area (Å²) >= 11 is 7.14. The lowest BCUT2D eigenvalue weighted by molar-refractivity contribution is 0.669. The van der Waals surface area contributed by atoms with Gasteiger partial charge in [0, 0.05) is 32.7 Å². The fraction of sp³-hybridized carbons (Fsp3) is 0.0400. The van der Waals surface area contributed by atoms with Gasteiger partial charge in [-0.15, -0.1) is 0 Å². The van der Waals surface area contributed by atoms with E-state index < -0.39 is 0 Å². The second-order valence-electron chi connectivity index (χ2n) is 13.8. The lowest BCUT2D eigenvalue weighted by Gasteiger charge is -2.30. The van der Waals surface area contributed by atoms with Crippen LogP contribution in [0.1, 0.15) is 22.3 Å². The van der Waals surface area contributed by atoms with Gasteiger partial charge in [-0.3, -0.25) is 0 Å². The molecule has 1 aromatic heterocycles. The summed E-state index contributed by atoms with van der Waals surface area (Å²) in [4.78, 5) is 2.35. The molecule has 0 amide bonds. The largest absolute Gasteiger partial charge is 0.456 e. The monoisotopic (exact) mass is 699 g/mol. The Kier molecular flexibility index (Phi) is 7.70. The molecule has 0 N–H and O–H groups in total. The van der Waals surface area contributed by atoms with E-state index in [1.54, 1.807) is 0 Å². The van der Waals surface area contributed by atoms with Crippen LogP contribution in [0.4, 0.5) is 17.1 Å². The summed E-state index contributed by atoms with van der Waals surface area (Å²) in [5, 5.41) is 3.00. The van der Waals surface area contributed by atoms with Crippen molar-refractivity contribution in [1.82, 2.24) is 0 Å². The van der Waals surface area contributed by atoms with E-state index in [4.69, 9.17) is 16.0 Å². The third-order valence-electron chi connectivity index (χ3n) is 10.6. The van der Waals surface area contributed by atoms with E-state index in [-0.39, 0.29) is 0 Å². The molecule has 0 unspecified atom stereocenters. The van der Waals surface area contributed by atoms with Gasteiger partial charge in [0.2, 0.25) is 0 Å². The zero-order valence-electron chi connectivity index (χ0n) is 29.0. The molecule has 9 aromatic rings. The molecule has 2 nitrogen and oxygen atoms in total. The van der Waals surface area contributed by atoms with Crippen LogP contribution in [0.3, 0.4) is 0 Å². The first-order valence-corrected chi connectivity index (χ1v) is 18.5. The average molecular weight is 700 g/mol. The second-order valence-corrected chi connectivity index (χ2v) is 14.2. The summed E-state index contributed by atoms with van der Waals surface area (Å²) in [7, 11) is 0. The van der Waals surface area contributed by atoms with E-state index in [2.05, 4.69) is 175 Å². The fourth-order valence-electron chi connectivity index (χ4n) is 8.29. The number of benzene rings is 8. The Morgan fingerprint density at radius 2 is 1.02 bits per heavy atom. The van der Waals surface area contributed by atoms with Crippen molar-refractivity contribution >= 4 is 50.6 Å². The predicted molar refractivity (Wildman–Crippen MR) is 222 cm³/mol. The van der Waals surface area contributed by atoms with Crippen LogP contribution in [-0.2, 0) is 12.8 Å². The van der Waals surface area contributed by atoms with Gasteiger partial charge in [-0.05, 0) is 118 Å². The van der Waals surface area contributed by atoms with Crippen molar-refractivity contribution in [2.75, 3.05) is 4.90 Å². The topological polar surface area (TPSA) is 16.4 Å². The van der Waals surface area contributed by atoms with Gasteiger partial charge in [0.05, 0.1) is 5.69 Å². The van der Waals surface area contributed by atoms with E-state index in [0.29, 0.717) is 5.02 Å². The van der Waals surface area contributed by atoms with Crippen molar-refractivity contribution < 1.29 is 4.42 Å². The van der Waals surface area contributed by atoms with Gasteiger partial charge in [0.25, 0.3) is 0 Å². The molecule has 10 rings (SSSR count). The van der Waals surface area contributed by atoms with Crippen LogP contribution in [0.25, 0.3) is 55.3 Å². The molecule has 0 fully saturated rings. The molecular weight excluding hydrogens is 666 g/mol. The predicted octanol–water partition coefficient (Wildman–Crippen LogP) is 14.2.